The molecule has 0 amide bonds. The predicted octanol–water partition coefficient (Wildman–Crippen LogP) is 3.70. The number of hydrogen-bond donors (Lipinski definition) is 1. The summed E-state index contributed by atoms with van der Waals surface area (Å²) in [5.41, 5.74) is -0.607. The highest BCUT2D eigenvalue weighted by molar-refractivity contribution is 7.89. The Kier molecular flexibility index (Phi) is 6.35. The van der Waals surface area contributed by atoms with Gasteiger partial charge in [-0.2, -0.15) is 13.5 Å². The number of carbonyl (C=O) groups is 1. The van der Waals surface area contributed by atoms with Crippen LogP contribution in [0.2, 0.25) is 19.6 Å². The SMILES string of the molecule is C[Si](C)(C)C(=O)C(F)(F)C(NS(=O)(=O)c1ccccc1)c1ccc([N+](=O)[O-])cc1. The predicted molar refractivity (Wildman–Crippen MR) is 106 cm³/mol. The van der Waals surface area contributed by atoms with E-state index in [0.717, 1.165) is 24.3 Å². The maximum atomic E-state index is 15.2. The molecule has 2 aromatic rings. The summed E-state index contributed by atoms with van der Waals surface area (Å²) in [5, 5.41) is 9.50. The molecule has 0 saturated carbocycles. The van der Waals surface area contributed by atoms with Gasteiger partial charge in [0.15, 0.2) is 5.41 Å². The van der Waals surface area contributed by atoms with E-state index in [1.165, 1.54) is 43.9 Å². The summed E-state index contributed by atoms with van der Waals surface area (Å²) in [6, 6.07) is 8.66. The zero-order valence-electron chi connectivity index (χ0n) is 15.9. The van der Waals surface area contributed by atoms with E-state index in [1.54, 1.807) is 6.07 Å². The molecule has 1 atom stereocenters. The number of halogens is 2. The van der Waals surface area contributed by atoms with Gasteiger partial charge in [0.25, 0.3) is 5.69 Å². The molecule has 0 radical (unpaired) electrons. The molecule has 1 N–H and O–H groups in total. The van der Waals surface area contributed by atoms with Crippen molar-refractivity contribution >= 4 is 29.2 Å². The molecule has 156 valence electrons. The Morgan fingerprint density at radius 3 is 2.03 bits per heavy atom. The second-order valence-corrected chi connectivity index (χ2v) is 14.1. The average molecular weight is 443 g/mol. The Hall–Kier alpha value is -2.50. The molecule has 0 bridgehead atoms. The molecule has 0 aliphatic heterocycles. The molecule has 29 heavy (non-hydrogen) atoms. The van der Waals surface area contributed by atoms with Crippen LogP contribution in [0.1, 0.15) is 11.6 Å². The summed E-state index contributed by atoms with van der Waals surface area (Å²) in [6.45, 7) is 4.30. The van der Waals surface area contributed by atoms with E-state index < -0.39 is 40.4 Å². The fourth-order valence-corrected chi connectivity index (χ4v) is 4.98. The molecule has 0 saturated heterocycles. The van der Waals surface area contributed by atoms with Crippen molar-refractivity contribution in [2.45, 2.75) is 36.5 Å². The van der Waals surface area contributed by atoms with Crippen LogP contribution >= 0.6 is 0 Å². The van der Waals surface area contributed by atoms with Crippen molar-refractivity contribution in [3.05, 3.63) is 70.3 Å². The molecule has 0 aliphatic rings. The molecular weight excluding hydrogens is 422 g/mol. The summed E-state index contributed by atoms with van der Waals surface area (Å²) in [6.07, 6.45) is 0. The number of benzene rings is 2. The van der Waals surface area contributed by atoms with Crippen LogP contribution < -0.4 is 4.72 Å². The third kappa shape index (κ3) is 5.11. The lowest BCUT2D eigenvalue weighted by Gasteiger charge is -2.30. The Morgan fingerprint density at radius 1 is 1.07 bits per heavy atom. The van der Waals surface area contributed by atoms with E-state index in [9.17, 15) is 23.3 Å². The molecule has 0 aromatic heterocycles. The average Bonchev–Trinajstić information content (AvgIpc) is 2.65. The minimum Gasteiger partial charge on any atom is -0.299 e. The van der Waals surface area contributed by atoms with Crippen LogP contribution in [0.4, 0.5) is 14.5 Å². The first-order valence-corrected chi connectivity index (χ1v) is 13.5. The third-order valence-electron chi connectivity index (χ3n) is 4.11. The molecule has 7 nitrogen and oxygen atoms in total. The lowest BCUT2D eigenvalue weighted by Crippen LogP contribution is -2.53. The zero-order valence-corrected chi connectivity index (χ0v) is 17.7. The number of alkyl halides is 2. The normalized spacial score (nSPS) is 13.7. The van der Waals surface area contributed by atoms with Gasteiger partial charge >= 0.3 is 5.92 Å². The second kappa shape index (κ2) is 8.09. The van der Waals surface area contributed by atoms with E-state index in [1.807, 2.05) is 4.72 Å². The number of carbonyl (C=O) groups excluding carboxylic acids is 1. The van der Waals surface area contributed by atoms with Gasteiger partial charge in [0, 0.05) is 12.1 Å². The van der Waals surface area contributed by atoms with Crippen molar-refractivity contribution in [2.75, 3.05) is 0 Å². The maximum absolute atomic E-state index is 15.2. The number of nitrogens with one attached hydrogen (secondary N) is 1. The van der Waals surface area contributed by atoms with Crippen molar-refractivity contribution in [1.82, 2.24) is 4.72 Å². The Balaban J connectivity index is 2.56. The number of nitro benzene ring substituents is 1. The molecule has 2 rings (SSSR count). The zero-order chi connectivity index (χ0) is 22.0. The van der Waals surface area contributed by atoms with E-state index in [-0.39, 0.29) is 16.1 Å². The van der Waals surface area contributed by atoms with Crippen LogP contribution in [0.3, 0.4) is 0 Å². The molecule has 0 fully saturated rings. The first-order valence-electron chi connectivity index (χ1n) is 8.51. The van der Waals surface area contributed by atoms with Crippen molar-refractivity contribution < 1.29 is 26.9 Å². The van der Waals surface area contributed by atoms with Crippen molar-refractivity contribution in [3.63, 3.8) is 0 Å². The van der Waals surface area contributed by atoms with Crippen LogP contribution in [0.15, 0.2) is 59.5 Å². The van der Waals surface area contributed by atoms with Gasteiger partial charge in [0.05, 0.1) is 9.82 Å². The number of nitrogens with zero attached hydrogens (tertiary/aromatic N) is 1. The van der Waals surface area contributed by atoms with Crippen molar-refractivity contribution in [2.24, 2.45) is 0 Å². The second-order valence-electron chi connectivity index (χ2n) is 7.42. The number of rotatable bonds is 8. The van der Waals surface area contributed by atoms with Gasteiger partial charge in [-0.05, 0) is 17.7 Å². The highest BCUT2D eigenvalue weighted by Gasteiger charge is 2.53. The minimum atomic E-state index is -4.40. The highest BCUT2D eigenvalue weighted by atomic mass is 32.2. The van der Waals surface area contributed by atoms with E-state index >= 15 is 8.78 Å². The molecule has 0 spiro atoms. The Labute approximate surface area is 168 Å². The third-order valence-corrected chi connectivity index (χ3v) is 7.24. The van der Waals surface area contributed by atoms with Gasteiger partial charge in [0.1, 0.15) is 14.1 Å². The minimum absolute atomic E-state index is 0.247. The van der Waals surface area contributed by atoms with Gasteiger partial charge in [0.2, 0.25) is 10.0 Å². The van der Waals surface area contributed by atoms with Crippen LogP contribution in [0.25, 0.3) is 0 Å². The lowest BCUT2D eigenvalue weighted by molar-refractivity contribution is -0.384. The fraction of sp³-hybridized carbons (Fsp3) is 0.278. The molecular formula is C18H20F2N2O5SSi. The summed E-state index contributed by atoms with van der Waals surface area (Å²) < 4.78 is 57.6. The summed E-state index contributed by atoms with van der Waals surface area (Å²) >= 11 is 0. The van der Waals surface area contributed by atoms with Gasteiger partial charge in [-0.25, -0.2) is 8.42 Å². The topological polar surface area (TPSA) is 106 Å². The van der Waals surface area contributed by atoms with E-state index in [2.05, 4.69) is 0 Å². The molecule has 2 aromatic carbocycles. The quantitative estimate of drug-likeness (QED) is 0.381. The Bertz CT molecular complexity index is 1010. The van der Waals surface area contributed by atoms with Crippen LogP contribution in [0, 0.1) is 10.1 Å². The van der Waals surface area contributed by atoms with Gasteiger partial charge in [-0.1, -0.05) is 50.0 Å². The largest absolute Gasteiger partial charge is 0.320 e. The standard InChI is InChI=1S/C18H20F2N2O5SSi/c1-29(2,3)17(23)18(19,20)16(13-9-11-14(12-10-13)22(24)25)21-28(26,27)15-7-5-4-6-8-15/h4-12,16,21H,1-3H3. The first-order chi connectivity index (χ1) is 13.3. The Morgan fingerprint density at radius 2 is 1.59 bits per heavy atom. The summed E-state index contributed by atoms with van der Waals surface area (Å²) in [7, 11) is -7.40. The van der Waals surface area contributed by atoms with Gasteiger partial charge in [-0.3, -0.25) is 14.9 Å². The van der Waals surface area contributed by atoms with Gasteiger partial charge in [-0.15, -0.1) is 0 Å². The van der Waals surface area contributed by atoms with Gasteiger partial charge < -0.3 is 0 Å². The summed E-state index contributed by atoms with van der Waals surface area (Å²) in [4.78, 5) is 22.3. The van der Waals surface area contributed by atoms with Crippen LogP contribution in [0.5, 0.6) is 0 Å². The van der Waals surface area contributed by atoms with Crippen LogP contribution in [-0.2, 0) is 14.8 Å². The van der Waals surface area contributed by atoms with Crippen molar-refractivity contribution in [3.8, 4) is 0 Å². The maximum Gasteiger partial charge on any atom is 0.320 e. The van der Waals surface area contributed by atoms with E-state index in [0.29, 0.717) is 0 Å². The monoisotopic (exact) mass is 442 g/mol. The molecule has 1 unspecified atom stereocenters. The number of sulfonamides is 1. The number of non-ortho nitro benzene ring substituents is 1. The lowest BCUT2D eigenvalue weighted by atomic mass is 10.0. The fourth-order valence-electron chi connectivity index (χ4n) is 2.59. The smallest absolute Gasteiger partial charge is 0.299 e. The molecule has 0 aliphatic carbocycles. The van der Waals surface area contributed by atoms with Crippen LogP contribution in [-0.4, -0.2) is 32.7 Å². The summed E-state index contributed by atoms with van der Waals surface area (Å²) in [5.74, 6) is -4.05. The number of hydrogen-bond acceptors (Lipinski definition) is 5. The molecule has 0 heterocycles. The highest BCUT2D eigenvalue weighted by Crippen LogP contribution is 2.36. The van der Waals surface area contributed by atoms with Crippen molar-refractivity contribution in [1.29, 1.82) is 0 Å². The van der Waals surface area contributed by atoms with E-state index in [4.69, 9.17) is 0 Å². The number of nitro groups is 1. The molecule has 11 heteroatoms. The first kappa shape index (κ1) is 22.8.